The third kappa shape index (κ3) is 7.37. The summed E-state index contributed by atoms with van der Waals surface area (Å²) in [6.07, 6.45) is 3.11. The van der Waals surface area contributed by atoms with Gasteiger partial charge >= 0.3 is 11.9 Å². The standard InChI is InChI=1S/C24H31N3O3S.C2H2O4/c1-18-10-11-21(16-19(18)2)31(29,30)27-14-12-26(13-15-27)17-24(28)25-23-9-5-7-20-6-3-4-8-22(20)23;3-1(4)2(5)6/h3-4,6,8,10-11,16,23H,5,7,9,12-15,17H2,1-2H3,(H,25,28);(H,3,4)(H,5,6). The van der Waals surface area contributed by atoms with Crippen LogP contribution in [0.25, 0.3) is 0 Å². The molecule has 1 atom stereocenters. The Kier molecular flexibility index (Phi) is 9.41. The first kappa shape index (κ1) is 28.3. The molecule has 0 spiro atoms. The van der Waals surface area contributed by atoms with Gasteiger partial charge in [-0.1, -0.05) is 30.3 Å². The van der Waals surface area contributed by atoms with Crippen LogP contribution in [-0.4, -0.2) is 78.4 Å². The lowest BCUT2D eigenvalue weighted by Crippen LogP contribution is -2.51. The van der Waals surface area contributed by atoms with E-state index < -0.39 is 22.0 Å². The van der Waals surface area contributed by atoms with Gasteiger partial charge < -0.3 is 15.5 Å². The summed E-state index contributed by atoms with van der Waals surface area (Å²) in [5.41, 5.74) is 4.60. The molecule has 0 aromatic heterocycles. The second-order valence-electron chi connectivity index (χ2n) is 9.25. The second-order valence-corrected chi connectivity index (χ2v) is 11.2. The maximum atomic E-state index is 13.0. The number of sulfonamides is 1. The number of benzene rings is 2. The Labute approximate surface area is 216 Å². The van der Waals surface area contributed by atoms with Crippen LogP contribution in [0.3, 0.4) is 0 Å². The van der Waals surface area contributed by atoms with Gasteiger partial charge in [0.15, 0.2) is 0 Å². The third-order valence-electron chi connectivity index (χ3n) is 6.70. The van der Waals surface area contributed by atoms with Crippen LogP contribution < -0.4 is 5.32 Å². The number of fused-ring (bicyclic) bond motifs is 1. The van der Waals surface area contributed by atoms with Gasteiger partial charge in [-0.3, -0.25) is 9.69 Å². The molecule has 11 heteroatoms. The fourth-order valence-corrected chi connectivity index (χ4v) is 6.01. The number of piperazine rings is 1. The summed E-state index contributed by atoms with van der Waals surface area (Å²) in [4.78, 5) is 33.3. The van der Waals surface area contributed by atoms with E-state index in [1.165, 1.54) is 15.4 Å². The van der Waals surface area contributed by atoms with Crippen molar-refractivity contribution in [3.05, 3.63) is 64.7 Å². The zero-order valence-electron chi connectivity index (χ0n) is 21.0. The molecule has 2 aromatic rings. The van der Waals surface area contributed by atoms with Crippen LogP contribution in [0.15, 0.2) is 47.4 Å². The number of rotatable bonds is 5. The monoisotopic (exact) mass is 531 g/mol. The van der Waals surface area contributed by atoms with E-state index in [1.807, 2.05) is 30.9 Å². The van der Waals surface area contributed by atoms with Crippen molar-refractivity contribution >= 4 is 27.9 Å². The van der Waals surface area contributed by atoms with Gasteiger partial charge in [0.2, 0.25) is 15.9 Å². The van der Waals surface area contributed by atoms with Crippen LogP contribution >= 0.6 is 0 Å². The molecule has 200 valence electrons. The van der Waals surface area contributed by atoms with Gasteiger partial charge in [-0.25, -0.2) is 18.0 Å². The van der Waals surface area contributed by atoms with E-state index in [9.17, 15) is 13.2 Å². The Hall–Kier alpha value is -3.28. The Balaban J connectivity index is 0.000000568. The maximum absolute atomic E-state index is 13.0. The number of hydrogen-bond donors (Lipinski definition) is 3. The molecule has 37 heavy (non-hydrogen) atoms. The summed E-state index contributed by atoms with van der Waals surface area (Å²) in [6, 6.07) is 13.7. The Morgan fingerprint density at radius 1 is 0.946 bits per heavy atom. The first-order valence-electron chi connectivity index (χ1n) is 12.1. The highest BCUT2D eigenvalue weighted by atomic mass is 32.2. The van der Waals surface area contributed by atoms with E-state index in [0.29, 0.717) is 37.6 Å². The summed E-state index contributed by atoms with van der Waals surface area (Å²) in [5, 5.41) is 18.0. The zero-order chi connectivity index (χ0) is 27.2. The van der Waals surface area contributed by atoms with Crippen molar-refractivity contribution in [3.8, 4) is 0 Å². The first-order chi connectivity index (χ1) is 17.5. The molecule has 1 unspecified atom stereocenters. The lowest BCUT2D eigenvalue weighted by molar-refractivity contribution is -0.159. The number of aryl methyl sites for hydroxylation is 3. The van der Waals surface area contributed by atoms with Crippen LogP contribution in [-0.2, 0) is 30.8 Å². The highest BCUT2D eigenvalue weighted by Crippen LogP contribution is 2.29. The Morgan fingerprint density at radius 3 is 2.22 bits per heavy atom. The van der Waals surface area contributed by atoms with Gasteiger partial charge in [0.1, 0.15) is 0 Å². The third-order valence-corrected chi connectivity index (χ3v) is 8.60. The molecule has 10 nitrogen and oxygen atoms in total. The molecule has 0 bridgehead atoms. The van der Waals surface area contributed by atoms with Crippen LogP contribution in [0.1, 0.15) is 41.1 Å². The summed E-state index contributed by atoms with van der Waals surface area (Å²) in [5.74, 6) is -3.64. The van der Waals surface area contributed by atoms with Gasteiger partial charge in [0.05, 0.1) is 17.5 Å². The van der Waals surface area contributed by atoms with Gasteiger partial charge in [0.25, 0.3) is 0 Å². The Bertz CT molecular complexity index is 1240. The maximum Gasteiger partial charge on any atom is 0.414 e. The number of carbonyl (C=O) groups excluding carboxylic acids is 1. The van der Waals surface area contributed by atoms with Crippen molar-refractivity contribution in [2.75, 3.05) is 32.7 Å². The molecule has 2 aromatic carbocycles. The van der Waals surface area contributed by atoms with Crippen molar-refractivity contribution in [1.82, 2.24) is 14.5 Å². The number of carbonyl (C=O) groups is 3. The predicted octanol–water partition coefficient (Wildman–Crippen LogP) is 1.96. The molecule has 1 heterocycles. The molecule has 4 rings (SSSR count). The first-order valence-corrected chi connectivity index (χ1v) is 13.6. The normalized spacial score (nSPS) is 18.2. The molecule has 3 N–H and O–H groups in total. The quantitative estimate of drug-likeness (QED) is 0.497. The molecule has 0 radical (unpaired) electrons. The van der Waals surface area contributed by atoms with Gasteiger partial charge in [0, 0.05) is 26.2 Å². The average molecular weight is 532 g/mol. The average Bonchev–Trinajstić information content (AvgIpc) is 2.86. The van der Waals surface area contributed by atoms with E-state index in [0.717, 1.165) is 30.4 Å². The highest BCUT2D eigenvalue weighted by molar-refractivity contribution is 7.89. The number of aliphatic carboxylic acids is 2. The summed E-state index contributed by atoms with van der Waals surface area (Å²) < 4.78 is 27.5. The summed E-state index contributed by atoms with van der Waals surface area (Å²) in [7, 11) is -3.50. The number of nitrogens with zero attached hydrogens (tertiary/aromatic N) is 2. The molecule has 1 saturated heterocycles. The fourth-order valence-electron chi connectivity index (χ4n) is 4.50. The fraction of sp³-hybridized carbons (Fsp3) is 0.423. The molecular weight excluding hydrogens is 498 g/mol. The molecule has 1 aliphatic heterocycles. The highest BCUT2D eigenvalue weighted by Gasteiger charge is 2.30. The van der Waals surface area contributed by atoms with E-state index in [4.69, 9.17) is 19.8 Å². The largest absolute Gasteiger partial charge is 0.473 e. The number of carboxylic acid groups (broad SMARTS) is 2. The van der Waals surface area contributed by atoms with Crippen molar-refractivity contribution in [2.45, 2.75) is 44.0 Å². The van der Waals surface area contributed by atoms with Crippen LogP contribution in [0.5, 0.6) is 0 Å². The number of amides is 1. The molecule has 1 fully saturated rings. The SMILES string of the molecule is Cc1ccc(S(=O)(=O)N2CCN(CC(=O)NC3CCCc4ccccc43)CC2)cc1C.O=C(O)C(=O)O. The van der Waals surface area contributed by atoms with Crippen molar-refractivity contribution in [3.63, 3.8) is 0 Å². The second kappa shape index (κ2) is 12.3. The minimum absolute atomic E-state index is 0.00664. The van der Waals surface area contributed by atoms with Crippen LogP contribution in [0, 0.1) is 13.8 Å². The number of carboxylic acids is 2. The predicted molar refractivity (Wildman–Crippen MR) is 137 cm³/mol. The summed E-state index contributed by atoms with van der Waals surface area (Å²) in [6.45, 7) is 6.11. The topological polar surface area (TPSA) is 144 Å². The van der Waals surface area contributed by atoms with E-state index in [2.05, 4.69) is 23.5 Å². The number of nitrogens with one attached hydrogen (secondary N) is 1. The van der Waals surface area contributed by atoms with Gasteiger partial charge in [-0.2, -0.15) is 4.31 Å². The van der Waals surface area contributed by atoms with E-state index >= 15 is 0 Å². The molecular formula is C26H33N3O7S. The van der Waals surface area contributed by atoms with Crippen molar-refractivity contribution < 1.29 is 33.0 Å². The molecule has 1 aliphatic carbocycles. The molecule has 1 amide bonds. The molecule has 2 aliphatic rings. The Morgan fingerprint density at radius 2 is 1.59 bits per heavy atom. The van der Waals surface area contributed by atoms with Crippen molar-refractivity contribution in [2.24, 2.45) is 0 Å². The number of hydrogen-bond acceptors (Lipinski definition) is 6. The minimum atomic E-state index is -3.50. The zero-order valence-corrected chi connectivity index (χ0v) is 21.8. The minimum Gasteiger partial charge on any atom is -0.473 e. The van der Waals surface area contributed by atoms with E-state index in [1.54, 1.807) is 12.1 Å². The lowest BCUT2D eigenvalue weighted by Gasteiger charge is -2.34. The molecule has 0 saturated carbocycles. The van der Waals surface area contributed by atoms with Gasteiger partial charge in [-0.15, -0.1) is 0 Å². The summed E-state index contributed by atoms with van der Waals surface area (Å²) >= 11 is 0. The van der Waals surface area contributed by atoms with Gasteiger partial charge in [-0.05, 0) is 67.5 Å². The van der Waals surface area contributed by atoms with Crippen molar-refractivity contribution in [1.29, 1.82) is 0 Å². The smallest absolute Gasteiger partial charge is 0.414 e. The van der Waals surface area contributed by atoms with Crippen LogP contribution in [0.4, 0.5) is 0 Å². The van der Waals surface area contributed by atoms with E-state index in [-0.39, 0.29) is 11.9 Å². The van der Waals surface area contributed by atoms with Crippen LogP contribution in [0.2, 0.25) is 0 Å². The lowest BCUT2D eigenvalue weighted by atomic mass is 9.88.